The first-order valence-electron chi connectivity index (χ1n) is 11.4. The third-order valence-corrected chi connectivity index (χ3v) is 6.78. The Hall–Kier alpha value is -2.68. The van der Waals surface area contributed by atoms with Crippen molar-refractivity contribution in [3.63, 3.8) is 0 Å². The van der Waals surface area contributed by atoms with E-state index in [-0.39, 0.29) is 24.5 Å². The van der Waals surface area contributed by atoms with E-state index in [9.17, 15) is 14.0 Å². The molecule has 1 aromatic heterocycles. The average molecular weight is 476 g/mol. The monoisotopic (exact) mass is 475 g/mol. The Morgan fingerprint density at radius 1 is 1.15 bits per heavy atom. The van der Waals surface area contributed by atoms with Crippen molar-refractivity contribution in [1.82, 2.24) is 24.6 Å². The van der Waals surface area contributed by atoms with Gasteiger partial charge in [0.05, 0.1) is 24.9 Å². The van der Waals surface area contributed by atoms with Gasteiger partial charge in [0.15, 0.2) is 11.5 Å². The van der Waals surface area contributed by atoms with Crippen LogP contribution in [-0.4, -0.2) is 61.4 Å². The predicted octanol–water partition coefficient (Wildman–Crippen LogP) is 3.99. The van der Waals surface area contributed by atoms with Gasteiger partial charge in [-0.15, -0.1) is 10.2 Å². The summed E-state index contributed by atoms with van der Waals surface area (Å²) in [6.45, 7) is 5.22. The minimum atomic E-state index is -1.63. The van der Waals surface area contributed by atoms with Gasteiger partial charge in [0.2, 0.25) is 0 Å². The van der Waals surface area contributed by atoms with Crippen LogP contribution in [0, 0.1) is 0 Å². The van der Waals surface area contributed by atoms with E-state index in [2.05, 4.69) is 10.2 Å². The molecule has 1 aliphatic carbocycles. The minimum Gasteiger partial charge on any atom is -0.447 e. The van der Waals surface area contributed by atoms with E-state index in [1.807, 2.05) is 36.6 Å². The number of likely N-dealkylation sites (tertiary alicyclic amines) is 1. The van der Waals surface area contributed by atoms with E-state index in [0.29, 0.717) is 56.2 Å². The van der Waals surface area contributed by atoms with Crippen LogP contribution >= 0.6 is 11.6 Å². The van der Waals surface area contributed by atoms with E-state index in [4.69, 9.17) is 16.3 Å². The lowest BCUT2D eigenvalue weighted by Gasteiger charge is -2.32. The molecule has 2 aliphatic heterocycles. The van der Waals surface area contributed by atoms with Gasteiger partial charge in [-0.25, -0.2) is 9.18 Å². The fraction of sp³-hybridized carbons (Fsp3) is 0.565. The molecule has 3 heterocycles. The van der Waals surface area contributed by atoms with Gasteiger partial charge in [-0.3, -0.25) is 14.3 Å². The number of halogens is 2. The Morgan fingerprint density at radius 3 is 2.55 bits per heavy atom. The molecule has 0 N–H and O–H groups in total. The summed E-state index contributed by atoms with van der Waals surface area (Å²) >= 11 is 6.28. The van der Waals surface area contributed by atoms with Gasteiger partial charge in [-0.1, -0.05) is 11.6 Å². The zero-order valence-corrected chi connectivity index (χ0v) is 19.5. The number of hydrogen-bond acceptors (Lipinski definition) is 5. The molecule has 8 nitrogen and oxygen atoms in total. The molecule has 0 spiro atoms. The molecule has 3 aliphatic rings. The van der Waals surface area contributed by atoms with Gasteiger partial charge in [-0.05, 0) is 63.3 Å². The molecule has 1 aromatic carbocycles. The van der Waals surface area contributed by atoms with Gasteiger partial charge in [0, 0.05) is 24.0 Å². The van der Waals surface area contributed by atoms with Crippen molar-refractivity contribution in [3.05, 3.63) is 40.4 Å². The lowest BCUT2D eigenvalue weighted by molar-refractivity contribution is -0.139. The molecular weight excluding hydrogens is 449 g/mol. The van der Waals surface area contributed by atoms with Gasteiger partial charge in [-0.2, -0.15) is 0 Å². The number of rotatable bonds is 3. The lowest BCUT2D eigenvalue weighted by Crippen LogP contribution is -2.43. The Labute approximate surface area is 196 Å². The molecule has 0 bridgehead atoms. The van der Waals surface area contributed by atoms with E-state index >= 15 is 0 Å². The van der Waals surface area contributed by atoms with E-state index in [0.717, 1.165) is 17.1 Å². The first-order valence-corrected chi connectivity index (χ1v) is 11.8. The third-order valence-electron chi connectivity index (χ3n) is 6.55. The first-order chi connectivity index (χ1) is 15.7. The van der Waals surface area contributed by atoms with Crippen molar-refractivity contribution in [2.75, 3.05) is 13.1 Å². The van der Waals surface area contributed by atoms with E-state index < -0.39 is 11.8 Å². The Bertz CT molecular complexity index is 1090. The highest BCUT2D eigenvalue weighted by Crippen LogP contribution is 2.42. The van der Waals surface area contributed by atoms with Crippen molar-refractivity contribution >= 4 is 23.6 Å². The summed E-state index contributed by atoms with van der Waals surface area (Å²) in [4.78, 5) is 28.3. The summed E-state index contributed by atoms with van der Waals surface area (Å²) in [6.07, 6.45) is 1.38. The van der Waals surface area contributed by atoms with Crippen molar-refractivity contribution in [3.8, 4) is 5.69 Å². The number of alkyl halides is 1. The molecule has 176 valence electrons. The highest BCUT2D eigenvalue weighted by atomic mass is 35.5. The summed E-state index contributed by atoms with van der Waals surface area (Å²) < 4.78 is 21.7. The molecule has 0 atom stereocenters. The molecular formula is C23H27ClFN5O3. The number of carbonyl (C=O) groups is 2. The summed E-state index contributed by atoms with van der Waals surface area (Å²) in [7, 11) is 0. The van der Waals surface area contributed by atoms with Crippen LogP contribution in [0.1, 0.15) is 62.7 Å². The highest BCUT2D eigenvalue weighted by molar-refractivity contribution is 6.30. The largest absolute Gasteiger partial charge is 0.447 e. The lowest BCUT2D eigenvalue weighted by atomic mass is 9.95. The fourth-order valence-corrected chi connectivity index (χ4v) is 4.84. The maximum Gasteiger partial charge on any atom is 0.410 e. The van der Waals surface area contributed by atoms with E-state index in [1.165, 1.54) is 0 Å². The number of aromatic nitrogens is 3. The van der Waals surface area contributed by atoms with E-state index in [1.54, 1.807) is 9.80 Å². The molecule has 10 heteroatoms. The summed E-state index contributed by atoms with van der Waals surface area (Å²) in [5.74, 6) is 1.13. The minimum absolute atomic E-state index is 0.0720. The smallest absolute Gasteiger partial charge is 0.410 e. The number of piperidine rings is 1. The highest BCUT2D eigenvalue weighted by Gasteiger charge is 2.53. The number of fused-ring (bicyclic) bond motifs is 3. The van der Waals surface area contributed by atoms with Crippen LogP contribution in [0.15, 0.2) is 18.2 Å². The topological polar surface area (TPSA) is 80.6 Å². The number of amides is 2. The maximum atomic E-state index is 14.2. The summed E-state index contributed by atoms with van der Waals surface area (Å²) in [5.41, 5.74) is 0.127. The fourth-order valence-electron chi connectivity index (χ4n) is 4.64. The number of benzene rings is 1. The van der Waals surface area contributed by atoms with Crippen LogP contribution in [0.5, 0.6) is 0 Å². The van der Waals surface area contributed by atoms with Gasteiger partial charge < -0.3 is 9.64 Å². The molecule has 1 saturated carbocycles. The molecule has 2 fully saturated rings. The second-order valence-electron chi connectivity index (χ2n) is 9.40. The van der Waals surface area contributed by atoms with Crippen molar-refractivity contribution in [1.29, 1.82) is 0 Å². The summed E-state index contributed by atoms with van der Waals surface area (Å²) in [5, 5.41) is 9.49. The molecule has 33 heavy (non-hydrogen) atoms. The van der Waals surface area contributed by atoms with Gasteiger partial charge in [0.25, 0.3) is 5.91 Å². The Kier molecular flexibility index (Phi) is 5.55. The number of carbonyl (C=O) groups excluding carboxylic acids is 2. The predicted molar refractivity (Wildman–Crippen MR) is 119 cm³/mol. The van der Waals surface area contributed by atoms with Crippen LogP contribution in [0.2, 0.25) is 5.02 Å². The molecule has 2 amide bonds. The van der Waals surface area contributed by atoms with Crippen molar-refractivity contribution < 1.29 is 18.7 Å². The molecule has 2 aromatic rings. The van der Waals surface area contributed by atoms with Crippen LogP contribution in [0.4, 0.5) is 9.18 Å². The zero-order chi connectivity index (χ0) is 23.3. The van der Waals surface area contributed by atoms with Crippen LogP contribution in [0.25, 0.3) is 5.69 Å². The molecule has 0 radical (unpaired) electrons. The normalized spacial score (nSPS) is 19.7. The molecule has 5 rings (SSSR count). The van der Waals surface area contributed by atoms with Crippen LogP contribution in [-0.2, 0) is 22.6 Å². The van der Waals surface area contributed by atoms with Gasteiger partial charge >= 0.3 is 6.09 Å². The third kappa shape index (κ3) is 4.18. The van der Waals surface area contributed by atoms with Gasteiger partial charge in [0.1, 0.15) is 5.82 Å². The number of nitrogens with zero attached hydrogens (tertiary/aromatic N) is 5. The quantitative estimate of drug-likeness (QED) is 0.670. The number of hydrogen-bond donors (Lipinski definition) is 0. The Balaban J connectivity index is 1.43. The number of ether oxygens (including phenoxy) is 1. The maximum absolute atomic E-state index is 14.2. The van der Waals surface area contributed by atoms with Crippen molar-refractivity contribution in [2.45, 2.75) is 70.3 Å². The van der Waals surface area contributed by atoms with Crippen LogP contribution < -0.4 is 0 Å². The van der Waals surface area contributed by atoms with Crippen LogP contribution in [0.3, 0.4) is 0 Å². The second kappa shape index (κ2) is 8.27. The Morgan fingerprint density at radius 2 is 1.88 bits per heavy atom. The second-order valence-corrected chi connectivity index (χ2v) is 9.84. The zero-order valence-electron chi connectivity index (χ0n) is 18.8. The molecule has 0 unspecified atom stereocenters. The molecule has 1 saturated heterocycles. The summed E-state index contributed by atoms with van der Waals surface area (Å²) in [6, 6.07) is 5.58. The first kappa shape index (κ1) is 22.1. The average Bonchev–Trinajstić information content (AvgIpc) is 3.44. The SMILES string of the molecule is CC(C)OC(=O)N1Cc2cc(Cl)ccc2-n2c(nnc2C2CCN(C(=O)C3(F)CC3)CC2)C1. The van der Waals surface area contributed by atoms with Crippen molar-refractivity contribution in [2.24, 2.45) is 0 Å². The standard InChI is InChI=1S/C23H27ClFN5O3/c1-14(2)33-22(32)29-12-16-11-17(24)3-4-18(16)30-19(13-29)26-27-20(30)15-5-9-28(10-6-15)21(31)23(25)7-8-23/h3-4,11,14-15H,5-10,12-13H2,1-2H3.